The summed E-state index contributed by atoms with van der Waals surface area (Å²) in [6.45, 7) is 4.42. The number of hydrogen-bond acceptors (Lipinski definition) is 3. The molecule has 2 heterocycles. The number of nitrogens with one attached hydrogen (secondary N) is 1. The van der Waals surface area contributed by atoms with E-state index in [9.17, 15) is 4.79 Å². The first-order valence-corrected chi connectivity index (χ1v) is 3.90. The van der Waals surface area contributed by atoms with E-state index in [1.54, 1.807) is 4.90 Å². The fourth-order valence-corrected chi connectivity index (χ4v) is 1.47. The zero-order valence-corrected chi connectivity index (χ0v) is 6.70. The molecule has 1 amide bonds. The van der Waals surface area contributed by atoms with Crippen LogP contribution in [0.3, 0.4) is 0 Å². The molecule has 2 fully saturated rings. The third kappa shape index (κ3) is 1.02. The van der Waals surface area contributed by atoms with Crippen LogP contribution in [-0.2, 0) is 9.53 Å². The first-order valence-electron chi connectivity index (χ1n) is 3.90. The number of rotatable bonds is 1. The minimum atomic E-state index is 0.0104. The van der Waals surface area contributed by atoms with Crippen molar-refractivity contribution in [3.8, 4) is 0 Å². The standard InChI is InChI=1S/C7H12N2O2/c1-4(2)9-5(10)3-8-6-7(9)11-6/h4,6-8H,3H2,1-2H3. The average Bonchev–Trinajstić information content (AvgIpc) is 2.64. The van der Waals surface area contributed by atoms with E-state index in [0.717, 1.165) is 0 Å². The number of hydrogen-bond donors (Lipinski definition) is 1. The molecule has 0 saturated carbocycles. The summed E-state index contributed by atoms with van der Waals surface area (Å²) in [7, 11) is 0. The molecular weight excluding hydrogens is 144 g/mol. The molecule has 0 bridgehead atoms. The van der Waals surface area contributed by atoms with Crippen LogP contribution in [0, 0.1) is 0 Å². The molecule has 2 unspecified atom stereocenters. The Balaban J connectivity index is 2.09. The smallest absolute Gasteiger partial charge is 0.238 e. The van der Waals surface area contributed by atoms with E-state index in [4.69, 9.17) is 4.74 Å². The molecule has 2 saturated heterocycles. The fourth-order valence-electron chi connectivity index (χ4n) is 1.47. The van der Waals surface area contributed by atoms with Gasteiger partial charge in [-0.15, -0.1) is 0 Å². The molecule has 0 aliphatic carbocycles. The van der Waals surface area contributed by atoms with Gasteiger partial charge in [-0.2, -0.15) is 0 Å². The molecule has 2 aliphatic heterocycles. The summed E-state index contributed by atoms with van der Waals surface area (Å²) in [6, 6.07) is 0.250. The summed E-state index contributed by atoms with van der Waals surface area (Å²) in [5.41, 5.74) is 0. The second-order valence-electron chi connectivity index (χ2n) is 3.22. The molecule has 0 spiro atoms. The molecule has 2 atom stereocenters. The highest BCUT2D eigenvalue weighted by Gasteiger charge is 2.50. The molecule has 1 N–H and O–H groups in total. The minimum absolute atomic E-state index is 0.0104. The van der Waals surface area contributed by atoms with Gasteiger partial charge >= 0.3 is 0 Å². The number of nitrogens with zero attached hydrogens (tertiary/aromatic N) is 1. The third-order valence-electron chi connectivity index (χ3n) is 2.04. The molecule has 4 heteroatoms. The van der Waals surface area contributed by atoms with Crippen LogP contribution < -0.4 is 5.32 Å². The summed E-state index contributed by atoms with van der Waals surface area (Å²) in [4.78, 5) is 13.0. The van der Waals surface area contributed by atoms with Crippen molar-refractivity contribution < 1.29 is 9.53 Å². The summed E-state index contributed by atoms with van der Waals surface area (Å²) in [5, 5.41) is 2.98. The predicted molar refractivity (Wildman–Crippen MR) is 38.6 cm³/mol. The summed E-state index contributed by atoms with van der Waals surface area (Å²) >= 11 is 0. The SMILES string of the molecule is CC(C)N1C(=O)CNC2OC21. The Morgan fingerprint density at radius 3 is 3.00 bits per heavy atom. The van der Waals surface area contributed by atoms with Gasteiger partial charge in [0.2, 0.25) is 5.91 Å². The second-order valence-corrected chi connectivity index (χ2v) is 3.22. The molecule has 4 nitrogen and oxygen atoms in total. The van der Waals surface area contributed by atoms with Gasteiger partial charge in [0, 0.05) is 6.04 Å². The summed E-state index contributed by atoms with van der Waals surface area (Å²) < 4.78 is 5.22. The van der Waals surface area contributed by atoms with Gasteiger partial charge in [0.15, 0.2) is 12.5 Å². The second kappa shape index (κ2) is 2.19. The van der Waals surface area contributed by atoms with E-state index in [-0.39, 0.29) is 24.4 Å². The predicted octanol–water partition coefficient (Wildman–Crippen LogP) is -0.491. The van der Waals surface area contributed by atoms with Gasteiger partial charge < -0.3 is 9.64 Å². The van der Waals surface area contributed by atoms with Crippen LogP contribution in [0.4, 0.5) is 0 Å². The maximum Gasteiger partial charge on any atom is 0.238 e. The lowest BCUT2D eigenvalue weighted by Gasteiger charge is -2.27. The highest BCUT2D eigenvalue weighted by molar-refractivity contribution is 5.80. The van der Waals surface area contributed by atoms with Crippen LogP contribution in [0.2, 0.25) is 0 Å². The quantitative estimate of drug-likeness (QED) is 0.521. The topological polar surface area (TPSA) is 44.9 Å². The molecule has 11 heavy (non-hydrogen) atoms. The number of amides is 1. The lowest BCUT2D eigenvalue weighted by molar-refractivity contribution is -0.135. The number of epoxide rings is 1. The molecule has 0 radical (unpaired) electrons. The highest BCUT2D eigenvalue weighted by atomic mass is 16.6. The van der Waals surface area contributed by atoms with Crippen molar-refractivity contribution in [2.45, 2.75) is 32.3 Å². The van der Waals surface area contributed by atoms with Crippen LogP contribution in [0.1, 0.15) is 13.8 Å². The zero-order valence-electron chi connectivity index (χ0n) is 6.70. The molecule has 2 rings (SSSR count). The van der Waals surface area contributed by atoms with Crippen LogP contribution in [0.15, 0.2) is 0 Å². The Labute approximate surface area is 65.5 Å². The van der Waals surface area contributed by atoms with Gasteiger partial charge in [0.25, 0.3) is 0 Å². The Kier molecular flexibility index (Phi) is 1.40. The van der Waals surface area contributed by atoms with Crippen LogP contribution in [0.5, 0.6) is 0 Å². The maximum atomic E-state index is 11.3. The first kappa shape index (κ1) is 7.06. The summed E-state index contributed by atoms with van der Waals surface area (Å²) in [6.07, 6.45) is 0.117. The van der Waals surface area contributed by atoms with Gasteiger partial charge in [-0.3, -0.25) is 10.1 Å². The van der Waals surface area contributed by atoms with Crippen molar-refractivity contribution in [1.29, 1.82) is 0 Å². The number of piperazine rings is 1. The van der Waals surface area contributed by atoms with Gasteiger partial charge in [-0.25, -0.2) is 0 Å². The third-order valence-corrected chi connectivity index (χ3v) is 2.04. The molecule has 0 aromatic heterocycles. The van der Waals surface area contributed by atoms with Crippen molar-refractivity contribution in [3.63, 3.8) is 0 Å². The monoisotopic (exact) mass is 156 g/mol. The number of fused-ring (bicyclic) bond motifs is 1. The first-order chi connectivity index (χ1) is 5.20. The van der Waals surface area contributed by atoms with Gasteiger partial charge in [-0.1, -0.05) is 0 Å². The molecule has 0 aromatic rings. The van der Waals surface area contributed by atoms with Crippen LogP contribution in [0.25, 0.3) is 0 Å². The molecule has 0 aromatic carbocycles. The van der Waals surface area contributed by atoms with Crippen molar-refractivity contribution in [2.24, 2.45) is 0 Å². The number of carbonyl (C=O) groups excluding carboxylic acids is 1. The molecule has 62 valence electrons. The van der Waals surface area contributed by atoms with Crippen molar-refractivity contribution in [3.05, 3.63) is 0 Å². The lowest BCUT2D eigenvalue weighted by Crippen LogP contribution is -2.50. The van der Waals surface area contributed by atoms with E-state index in [2.05, 4.69) is 5.32 Å². The van der Waals surface area contributed by atoms with E-state index in [1.807, 2.05) is 13.8 Å². The molecular formula is C7H12N2O2. The normalized spacial score (nSPS) is 35.9. The van der Waals surface area contributed by atoms with Crippen molar-refractivity contribution in [2.75, 3.05) is 6.54 Å². The Hall–Kier alpha value is -0.610. The summed E-state index contributed by atoms with van der Waals surface area (Å²) in [5.74, 6) is 0.138. The Morgan fingerprint density at radius 2 is 2.45 bits per heavy atom. The zero-order chi connectivity index (χ0) is 8.01. The minimum Gasteiger partial charge on any atom is -0.331 e. The molecule has 2 aliphatic rings. The fraction of sp³-hybridized carbons (Fsp3) is 0.857. The average molecular weight is 156 g/mol. The Bertz CT molecular complexity index is 193. The van der Waals surface area contributed by atoms with E-state index in [1.165, 1.54) is 0 Å². The van der Waals surface area contributed by atoms with E-state index < -0.39 is 0 Å². The van der Waals surface area contributed by atoms with E-state index >= 15 is 0 Å². The van der Waals surface area contributed by atoms with Crippen molar-refractivity contribution in [1.82, 2.24) is 10.2 Å². The maximum absolute atomic E-state index is 11.3. The lowest BCUT2D eigenvalue weighted by atomic mass is 10.2. The van der Waals surface area contributed by atoms with Gasteiger partial charge in [0.1, 0.15) is 0 Å². The van der Waals surface area contributed by atoms with Crippen molar-refractivity contribution >= 4 is 5.91 Å². The number of ether oxygens (including phenoxy) is 1. The Morgan fingerprint density at radius 1 is 1.73 bits per heavy atom. The largest absolute Gasteiger partial charge is 0.331 e. The highest BCUT2D eigenvalue weighted by Crippen LogP contribution is 2.28. The van der Waals surface area contributed by atoms with E-state index in [0.29, 0.717) is 6.54 Å². The van der Waals surface area contributed by atoms with Gasteiger partial charge in [-0.05, 0) is 13.8 Å². The van der Waals surface area contributed by atoms with Gasteiger partial charge in [0.05, 0.1) is 6.54 Å². The van der Waals surface area contributed by atoms with Crippen LogP contribution in [-0.4, -0.2) is 35.8 Å². The van der Waals surface area contributed by atoms with Crippen LogP contribution >= 0.6 is 0 Å². The number of carbonyl (C=O) groups is 1.